The highest BCUT2D eigenvalue weighted by Crippen LogP contribution is 2.19. The zero-order valence-corrected chi connectivity index (χ0v) is 17.3. The van der Waals surface area contributed by atoms with Crippen molar-refractivity contribution in [2.45, 2.75) is 45.4 Å². The first-order valence-corrected chi connectivity index (χ1v) is 10.3. The van der Waals surface area contributed by atoms with Crippen LogP contribution in [0.3, 0.4) is 0 Å². The first kappa shape index (κ1) is 20.8. The average molecular weight is 395 g/mol. The highest BCUT2D eigenvalue weighted by molar-refractivity contribution is 5.92. The number of hydrogen-bond donors (Lipinski definition) is 2. The molecule has 6 nitrogen and oxygen atoms in total. The third-order valence-corrected chi connectivity index (χ3v) is 5.07. The second-order valence-electron chi connectivity index (χ2n) is 7.32. The lowest BCUT2D eigenvalue weighted by Crippen LogP contribution is -2.26. The number of nitrogens with one attached hydrogen (secondary N) is 2. The van der Waals surface area contributed by atoms with Crippen molar-refractivity contribution in [1.29, 1.82) is 0 Å². The summed E-state index contributed by atoms with van der Waals surface area (Å²) in [6, 6.07) is 9.66. The number of methoxy groups -OCH3 is 1. The van der Waals surface area contributed by atoms with Crippen LogP contribution in [0.4, 0.5) is 5.95 Å². The van der Waals surface area contributed by atoms with Crippen LogP contribution in [0.25, 0.3) is 0 Å². The predicted octanol–water partition coefficient (Wildman–Crippen LogP) is 4.07. The number of benzene rings is 1. The number of allylic oxidation sites excluding steroid dienone is 1. The highest BCUT2D eigenvalue weighted by atomic mass is 16.5. The minimum Gasteiger partial charge on any atom is -0.496 e. The van der Waals surface area contributed by atoms with E-state index in [1.165, 1.54) is 18.4 Å². The summed E-state index contributed by atoms with van der Waals surface area (Å²) in [4.78, 5) is 21.3. The molecule has 154 valence electrons. The Morgan fingerprint density at radius 2 is 2.00 bits per heavy atom. The minimum absolute atomic E-state index is 0.153. The third-order valence-electron chi connectivity index (χ3n) is 5.07. The van der Waals surface area contributed by atoms with Crippen molar-refractivity contribution in [3.05, 3.63) is 58.9 Å². The van der Waals surface area contributed by atoms with Gasteiger partial charge < -0.3 is 15.4 Å². The molecule has 0 aliphatic heterocycles. The Morgan fingerprint density at radius 1 is 1.14 bits per heavy atom. The quantitative estimate of drug-likeness (QED) is 0.627. The van der Waals surface area contributed by atoms with Gasteiger partial charge in [0.1, 0.15) is 11.4 Å². The summed E-state index contributed by atoms with van der Waals surface area (Å²) in [7, 11) is 1.67. The molecular weight excluding hydrogens is 364 g/mol. The zero-order chi connectivity index (χ0) is 20.5. The molecule has 0 fully saturated rings. The molecule has 6 heteroatoms. The SMILES string of the molecule is COc1ccccc1CCNc1nc(C)cc(C(=O)NCCC2=CCCCC2)n1. The molecule has 2 aromatic rings. The molecule has 1 aromatic heterocycles. The predicted molar refractivity (Wildman–Crippen MR) is 115 cm³/mol. The fourth-order valence-corrected chi connectivity index (χ4v) is 3.54. The maximum Gasteiger partial charge on any atom is 0.270 e. The van der Waals surface area contributed by atoms with E-state index in [9.17, 15) is 4.79 Å². The number of amides is 1. The summed E-state index contributed by atoms with van der Waals surface area (Å²) in [5.41, 5.74) is 3.73. The number of aromatic nitrogens is 2. The molecule has 0 radical (unpaired) electrons. The van der Waals surface area contributed by atoms with Gasteiger partial charge in [-0.25, -0.2) is 9.97 Å². The van der Waals surface area contributed by atoms with Crippen LogP contribution >= 0.6 is 0 Å². The van der Waals surface area contributed by atoms with Gasteiger partial charge >= 0.3 is 0 Å². The maximum absolute atomic E-state index is 12.5. The van der Waals surface area contributed by atoms with E-state index in [-0.39, 0.29) is 5.91 Å². The van der Waals surface area contributed by atoms with Crippen molar-refractivity contribution in [1.82, 2.24) is 15.3 Å². The van der Waals surface area contributed by atoms with Gasteiger partial charge in [-0.05, 0) is 63.1 Å². The van der Waals surface area contributed by atoms with Crippen LogP contribution in [-0.4, -0.2) is 36.1 Å². The van der Waals surface area contributed by atoms with Gasteiger partial charge in [-0.3, -0.25) is 4.79 Å². The molecule has 0 atom stereocenters. The standard InChI is InChI=1S/C23H30N4O2/c1-17-16-20(22(28)24-14-12-18-8-4-3-5-9-18)27-23(26-17)25-15-13-19-10-6-7-11-21(19)29-2/h6-8,10-11,16H,3-5,9,12-15H2,1-2H3,(H,24,28)(H,25,26,27). The topological polar surface area (TPSA) is 76.1 Å². The van der Waals surface area contributed by atoms with Crippen molar-refractivity contribution in [2.75, 3.05) is 25.5 Å². The molecule has 2 N–H and O–H groups in total. The number of carbonyl (C=O) groups excluding carboxylic acids is 1. The Bertz CT molecular complexity index is 864. The van der Waals surface area contributed by atoms with E-state index in [0.717, 1.165) is 42.7 Å². The number of anilines is 1. The lowest BCUT2D eigenvalue weighted by molar-refractivity contribution is 0.0949. The maximum atomic E-state index is 12.5. The number of para-hydroxylation sites is 1. The molecule has 0 saturated heterocycles. The molecule has 29 heavy (non-hydrogen) atoms. The van der Waals surface area contributed by atoms with E-state index < -0.39 is 0 Å². The van der Waals surface area contributed by atoms with Crippen molar-refractivity contribution in [2.24, 2.45) is 0 Å². The lowest BCUT2D eigenvalue weighted by atomic mass is 9.97. The van der Waals surface area contributed by atoms with Crippen LogP contribution in [0, 0.1) is 6.92 Å². The number of hydrogen-bond acceptors (Lipinski definition) is 5. The van der Waals surface area contributed by atoms with E-state index in [4.69, 9.17) is 4.74 Å². The first-order chi connectivity index (χ1) is 14.2. The van der Waals surface area contributed by atoms with Gasteiger partial charge in [0.05, 0.1) is 7.11 Å². The van der Waals surface area contributed by atoms with Gasteiger partial charge in [-0.1, -0.05) is 29.8 Å². The molecular formula is C23H30N4O2. The Kier molecular flexibility index (Phi) is 7.61. The van der Waals surface area contributed by atoms with E-state index in [1.54, 1.807) is 13.2 Å². The molecule has 0 spiro atoms. The van der Waals surface area contributed by atoms with E-state index in [0.29, 0.717) is 24.7 Å². The van der Waals surface area contributed by atoms with Gasteiger partial charge in [0, 0.05) is 18.8 Å². The molecule has 1 amide bonds. The normalized spacial score (nSPS) is 13.5. The summed E-state index contributed by atoms with van der Waals surface area (Å²) in [5.74, 6) is 1.19. The average Bonchev–Trinajstić information content (AvgIpc) is 2.74. The van der Waals surface area contributed by atoms with Crippen molar-refractivity contribution < 1.29 is 9.53 Å². The number of rotatable bonds is 9. The van der Waals surface area contributed by atoms with Crippen molar-refractivity contribution >= 4 is 11.9 Å². The highest BCUT2D eigenvalue weighted by Gasteiger charge is 2.11. The van der Waals surface area contributed by atoms with E-state index >= 15 is 0 Å². The number of ether oxygens (including phenoxy) is 1. The number of aryl methyl sites for hydroxylation is 1. The third kappa shape index (κ3) is 6.31. The van der Waals surface area contributed by atoms with Gasteiger partial charge in [0.25, 0.3) is 5.91 Å². The number of nitrogens with zero attached hydrogens (tertiary/aromatic N) is 2. The zero-order valence-electron chi connectivity index (χ0n) is 17.3. The molecule has 0 saturated carbocycles. The van der Waals surface area contributed by atoms with Gasteiger partial charge in [0.2, 0.25) is 5.95 Å². The van der Waals surface area contributed by atoms with E-state index in [2.05, 4.69) is 26.7 Å². The van der Waals surface area contributed by atoms with Gasteiger partial charge in [0.15, 0.2) is 0 Å². The second-order valence-corrected chi connectivity index (χ2v) is 7.32. The van der Waals surface area contributed by atoms with Gasteiger partial charge in [-0.2, -0.15) is 0 Å². The molecule has 1 aromatic carbocycles. The fraction of sp³-hybridized carbons (Fsp3) is 0.435. The van der Waals surface area contributed by atoms with Crippen LogP contribution in [0.15, 0.2) is 42.0 Å². The summed E-state index contributed by atoms with van der Waals surface area (Å²) < 4.78 is 5.38. The molecule has 1 aliphatic rings. The molecule has 0 bridgehead atoms. The second kappa shape index (κ2) is 10.6. The van der Waals surface area contributed by atoms with Crippen LogP contribution in [-0.2, 0) is 6.42 Å². The van der Waals surface area contributed by atoms with Crippen LogP contribution in [0.2, 0.25) is 0 Å². The Labute approximate surface area is 172 Å². The monoisotopic (exact) mass is 394 g/mol. The summed E-state index contributed by atoms with van der Waals surface area (Å²) in [5, 5.41) is 6.20. The molecule has 0 unspecified atom stereocenters. The summed E-state index contributed by atoms with van der Waals surface area (Å²) in [6.07, 6.45) is 8.87. The van der Waals surface area contributed by atoms with E-state index in [1.807, 2.05) is 31.2 Å². The van der Waals surface area contributed by atoms with Crippen molar-refractivity contribution in [3.63, 3.8) is 0 Å². The summed E-state index contributed by atoms with van der Waals surface area (Å²) in [6.45, 7) is 3.17. The Hall–Kier alpha value is -2.89. The Balaban J connectivity index is 1.53. The van der Waals surface area contributed by atoms with Crippen LogP contribution in [0.5, 0.6) is 5.75 Å². The van der Waals surface area contributed by atoms with Crippen molar-refractivity contribution in [3.8, 4) is 5.75 Å². The van der Waals surface area contributed by atoms with Crippen LogP contribution in [0.1, 0.15) is 53.8 Å². The van der Waals surface area contributed by atoms with Gasteiger partial charge in [-0.15, -0.1) is 0 Å². The minimum atomic E-state index is -0.153. The fourth-order valence-electron chi connectivity index (χ4n) is 3.54. The number of carbonyl (C=O) groups is 1. The largest absolute Gasteiger partial charge is 0.496 e. The molecule has 1 aliphatic carbocycles. The molecule has 1 heterocycles. The van der Waals surface area contributed by atoms with Crippen LogP contribution < -0.4 is 15.4 Å². The Morgan fingerprint density at radius 3 is 2.79 bits per heavy atom. The molecule has 3 rings (SSSR count). The smallest absolute Gasteiger partial charge is 0.270 e. The lowest BCUT2D eigenvalue weighted by Gasteiger charge is -2.13. The first-order valence-electron chi connectivity index (χ1n) is 10.3. The summed E-state index contributed by atoms with van der Waals surface area (Å²) >= 11 is 0.